The molecule has 5 heteroatoms. The molecule has 0 bridgehead atoms. The zero-order valence-corrected chi connectivity index (χ0v) is 12.6. The van der Waals surface area contributed by atoms with Crippen LogP contribution in [0.2, 0.25) is 0 Å². The van der Waals surface area contributed by atoms with Gasteiger partial charge < -0.3 is 16.0 Å². The first-order chi connectivity index (χ1) is 8.80. The van der Waals surface area contributed by atoms with Crippen LogP contribution >= 0.6 is 0 Å². The van der Waals surface area contributed by atoms with E-state index in [4.69, 9.17) is 11.5 Å². The fourth-order valence-electron chi connectivity index (χ4n) is 1.82. The highest BCUT2D eigenvalue weighted by Crippen LogP contribution is 2.10. The standard InChI is InChI=1S/C14H27N5/c1-11(15)7-5-6-9-17-13-18-12(16)8-10-19(13)14(2,3)4/h8,10-11H,5-7,9,15H2,1-4H3,(H2,16,17,18). The molecule has 0 saturated carbocycles. The van der Waals surface area contributed by atoms with Gasteiger partial charge in [0.1, 0.15) is 5.82 Å². The number of aromatic nitrogens is 2. The molecule has 1 rings (SSSR count). The zero-order valence-electron chi connectivity index (χ0n) is 12.6. The molecule has 0 amide bonds. The molecule has 0 aromatic carbocycles. The first-order valence-electron chi connectivity index (χ1n) is 6.92. The largest absolute Gasteiger partial charge is 0.384 e. The molecular weight excluding hydrogens is 238 g/mol. The van der Waals surface area contributed by atoms with Crippen LogP contribution in [0, 0.1) is 0 Å². The second-order valence-electron chi connectivity index (χ2n) is 6.05. The molecule has 0 aliphatic rings. The SMILES string of the molecule is CC(N)CCCCN=c1nc(N)ccn1C(C)(C)C. The number of rotatable bonds is 5. The van der Waals surface area contributed by atoms with Gasteiger partial charge in [0.15, 0.2) is 0 Å². The Morgan fingerprint density at radius 2 is 2.05 bits per heavy atom. The summed E-state index contributed by atoms with van der Waals surface area (Å²) in [5.74, 6) is 0.509. The van der Waals surface area contributed by atoms with E-state index in [1.54, 1.807) is 6.07 Å². The van der Waals surface area contributed by atoms with Crippen LogP contribution in [0.3, 0.4) is 0 Å². The van der Waals surface area contributed by atoms with Gasteiger partial charge in [0.05, 0.1) is 0 Å². The Labute approximate surface area is 115 Å². The average Bonchev–Trinajstić information content (AvgIpc) is 2.26. The van der Waals surface area contributed by atoms with Crippen LogP contribution in [0.15, 0.2) is 17.3 Å². The third-order valence-electron chi connectivity index (χ3n) is 2.88. The van der Waals surface area contributed by atoms with E-state index in [9.17, 15) is 0 Å². The van der Waals surface area contributed by atoms with Crippen LogP contribution in [0.1, 0.15) is 47.0 Å². The van der Waals surface area contributed by atoms with Crippen molar-refractivity contribution >= 4 is 5.82 Å². The molecule has 0 saturated heterocycles. The molecule has 108 valence electrons. The summed E-state index contributed by atoms with van der Waals surface area (Å²) < 4.78 is 2.05. The number of hydrogen-bond donors (Lipinski definition) is 2. The van der Waals surface area contributed by atoms with Gasteiger partial charge in [-0.25, -0.2) is 0 Å². The fourth-order valence-corrected chi connectivity index (χ4v) is 1.82. The summed E-state index contributed by atoms with van der Waals surface area (Å²) in [4.78, 5) is 8.88. The maximum atomic E-state index is 5.74. The first-order valence-corrected chi connectivity index (χ1v) is 6.92. The first kappa shape index (κ1) is 15.7. The van der Waals surface area contributed by atoms with Crippen molar-refractivity contribution in [3.8, 4) is 0 Å². The summed E-state index contributed by atoms with van der Waals surface area (Å²) in [7, 11) is 0. The second-order valence-corrected chi connectivity index (χ2v) is 6.05. The molecule has 5 nitrogen and oxygen atoms in total. The highest BCUT2D eigenvalue weighted by Gasteiger charge is 2.13. The van der Waals surface area contributed by atoms with E-state index < -0.39 is 0 Å². The van der Waals surface area contributed by atoms with Crippen LogP contribution in [0.5, 0.6) is 0 Å². The van der Waals surface area contributed by atoms with Gasteiger partial charge in [0.25, 0.3) is 0 Å². The lowest BCUT2D eigenvalue weighted by molar-refractivity contribution is 0.371. The van der Waals surface area contributed by atoms with Crippen molar-refractivity contribution in [3.63, 3.8) is 0 Å². The molecule has 1 aromatic rings. The lowest BCUT2D eigenvalue weighted by Crippen LogP contribution is -2.36. The smallest absolute Gasteiger partial charge is 0.227 e. The van der Waals surface area contributed by atoms with Crippen molar-refractivity contribution in [1.29, 1.82) is 0 Å². The molecular formula is C14H27N5. The Morgan fingerprint density at radius 1 is 1.37 bits per heavy atom. The van der Waals surface area contributed by atoms with Gasteiger partial charge in [-0.05, 0) is 46.6 Å². The van der Waals surface area contributed by atoms with Gasteiger partial charge >= 0.3 is 0 Å². The topological polar surface area (TPSA) is 82.2 Å². The van der Waals surface area contributed by atoms with E-state index in [1.807, 2.05) is 13.1 Å². The van der Waals surface area contributed by atoms with Gasteiger partial charge in [0.2, 0.25) is 5.62 Å². The molecule has 0 fully saturated rings. The lowest BCUT2D eigenvalue weighted by atomic mass is 10.1. The van der Waals surface area contributed by atoms with Gasteiger partial charge in [-0.1, -0.05) is 6.42 Å². The quantitative estimate of drug-likeness (QED) is 0.794. The van der Waals surface area contributed by atoms with E-state index in [-0.39, 0.29) is 11.6 Å². The van der Waals surface area contributed by atoms with E-state index in [2.05, 4.69) is 35.3 Å². The summed E-state index contributed by atoms with van der Waals surface area (Å²) in [6, 6.07) is 2.07. The molecule has 19 heavy (non-hydrogen) atoms. The molecule has 1 aromatic heterocycles. The summed E-state index contributed by atoms with van der Waals surface area (Å²) in [6.45, 7) is 9.17. The lowest BCUT2D eigenvalue weighted by Gasteiger charge is -2.23. The molecule has 0 aliphatic heterocycles. The summed E-state index contributed by atoms with van der Waals surface area (Å²) in [6.07, 6.45) is 5.11. The highest BCUT2D eigenvalue weighted by molar-refractivity contribution is 5.23. The fraction of sp³-hybridized carbons (Fsp3) is 0.714. The number of nitrogens with zero attached hydrogens (tertiary/aromatic N) is 3. The Morgan fingerprint density at radius 3 is 2.63 bits per heavy atom. The molecule has 0 radical (unpaired) electrons. The maximum absolute atomic E-state index is 5.74. The molecule has 1 unspecified atom stereocenters. The molecule has 0 aliphatic carbocycles. The van der Waals surface area contributed by atoms with Crippen molar-refractivity contribution in [2.45, 2.75) is 58.5 Å². The number of nitrogen functional groups attached to an aromatic ring is 1. The monoisotopic (exact) mass is 265 g/mol. The highest BCUT2D eigenvalue weighted by atomic mass is 15.1. The predicted molar refractivity (Wildman–Crippen MR) is 79.6 cm³/mol. The van der Waals surface area contributed by atoms with Crippen molar-refractivity contribution in [1.82, 2.24) is 9.55 Å². The summed E-state index contributed by atoms with van der Waals surface area (Å²) >= 11 is 0. The second kappa shape index (κ2) is 6.70. The maximum Gasteiger partial charge on any atom is 0.227 e. The van der Waals surface area contributed by atoms with Crippen LogP contribution in [-0.4, -0.2) is 22.1 Å². The number of anilines is 1. The van der Waals surface area contributed by atoms with Gasteiger partial charge in [-0.2, -0.15) is 4.98 Å². The Bertz CT molecular complexity index is 454. The van der Waals surface area contributed by atoms with Crippen LogP contribution in [0.4, 0.5) is 5.82 Å². The van der Waals surface area contributed by atoms with E-state index in [0.29, 0.717) is 11.4 Å². The van der Waals surface area contributed by atoms with Crippen molar-refractivity contribution in [2.24, 2.45) is 10.7 Å². The summed E-state index contributed by atoms with van der Waals surface area (Å²) in [5, 5.41) is 0. The zero-order chi connectivity index (χ0) is 14.5. The van der Waals surface area contributed by atoms with Crippen LogP contribution in [-0.2, 0) is 5.54 Å². The summed E-state index contributed by atoms with van der Waals surface area (Å²) in [5.41, 5.74) is 12.1. The molecule has 1 heterocycles. The number of nitrogens with two attached hydrogens (primary N) is 2. The Kier molecular flexibility index (Phi) is 5.54. The van der Waals surface area contributed by atoms with Gasteiger partial charge in [-0.3, -0.25) is 4.99 Å². The minimum Gasteiger partial charge on any atom is -0.384 e. The minimum absolute atomic E-state index is 0.0503. The molecule has 4 N–H and O–H groups in total. The van der Waals surface area contributed by atoms with Gasteiger partial charge in [-0.15, -0.1) is 0 Å². The molecule has 0 spiro atoms. The Hall–Kier alpha value is -1.36. The Balaban J connectivity index is 2.78. The molecule has 1 atom stereocenters. The third-order valence-corrected chi connectivity index (χ3v) is 2.88. The minimum atomic E-state index is -0.0503. The van der Waals surface area contributed by atoms with Gasteiger partial charge in [0, 0.05) is 24.3 Å². The normalized spacial score (nSPS) is 14.7. The van der Waals surface area contributed by atoms with E-state index in [0.717, 1.165) is 25.8 Å². The predicted octanol–water partition coefficient (Wildman–Crippen LogP) is 1.64. The average molecular weight is 265 g/mol. The van der Waals surface area contributed by atoms with Crippen LogP contribution in [0.25, 0.3) is 0 Å². The van der Waals surface area contributed by atoms with Crippen molar-refractivity contribution in [3.05, 3.63) is 17.9 Å². The number of unbranched alkanes of at least 4 members (excludes halogenated alkanes) is 1. The van der Waals surface area contributed by atoms with Crippen LogP contribution < -0.4 is 17.1 Å². The number of hydrogen-bond acceptors (Lipinski definition) is 4. The third kappa shape index (κ3) is 5.42. The van der Waals surface area contributed by atoms with Crippen molar-refractivity contribution in [2.75, 3.05) is 12.3 Å². The van der Waals surface area contributed by atoms with E-state index in [1.165, 1.54) is 0 Å². The van der Waals surface area contributed by atoms with E-state index >= 15 is 0 Å². The van der Waals surface area contributed by atoms with Crippen molar-refractivity contribution < 1.29 is 0 Å².